The van der Waals surface area contributed by atoms with Crippen LogP contribution in [0.4, 0.5) is 0 Å². The first-order chi connectivity index (χ1) is 11.7. The third-order valence-corrected chi connectivity index (χ3v) is 3.65. The molecule has 0 saturated heterocycles. The van der Waals surface area contributed by atoms with E-state index in [1.165, 1.54) is 12.1 Å². The maximum atomic E-state index is 12.2. The SMILES string of the molecule is Cc1cccc(C(=O)Oc2ccc([C@@H](O)CNC(C)(C)C)cc2O)c1. The van der Waals surface area contributed by atoms with Crippen LogP contribution >= 0.6 is 0 Å². The van der Waals surface area contributed by atoms with Crippen molar-refractivity contribution in [3.05, 3.63) is 59.2 Å². The highest BCUT2D eigenvalue weighted by Gasteiger charge is 2.17. The lowest BCUT2D eigenvalue weighted by Gasteiger charge is -2.23. The van der Waals surface area contributed by atoms with E-state index in [-0.39, 0.29) is 17.0 Å². The molecule has 0 spiro atoms. The van der Waals surface area contributed by atoms with Crippen molar-refractivity contribution in [3.8, 4) is 11.5 Å². The molecule has 25 heavy (non-hydrogen) atoms. The zero-order valence-corrected chi connectivity index (χ0v) is 15.0. The van der Waals surface area contributed by atoms with Gasteiger partial charge in [0.15, 0.2) is 11.5 Å². The number of aryl methyl sites for hydroxylation is 1. The van der Waals surface area contributed by atoms with Crippen molar-refractivity contribution in [1.29, 1.82) is 0 Å². The lowest BCUT2D eigenvalue weighted by molar-refractivity contribution is 0.0729. The second-order valence-electron chi connectivity index (χ2n) is 7.13. The van der Waals surface area contributed by atoms with Gasteiger partial charge in [0.1, 0.15) is 0 Å². The third-order valence-electron chi connectivity index (χ3n) is 3.65. The summed E-state index contributed by atoms with van der Waals surface area (Å²) in [4.78, 5) is 12.2. The van der Waals surface area contributed by atoms with Crippen LogP contribution in [0.2, 0.25) is 0 Å². The van der Waals surface area contributed by atoms with Crippen molar-refractivity contribution in [2.45, 2.75) is 39.3 Å². The number of hydrogen-bond acceptors (Lipinski definition) is 5. The molecule has 5 nitrogen and oxygen atoms in total. The van der Waals surface area contributed by atoms with Crippen LogP contribution < -0.4 is 10.1 Å². The van der Waals surface area contributed by atoms with Crippen LogP contribution in [0.5, 0.6) is 11.5 Å². The molecule has 2 aromatic rings. The summed E-state index contributed by atoms with van der Waals surface area (Å²) in [5.41, 5.74) is 1.79. The fraction of sp³-hybridized carbons (Fsp3) is 0.350. The Morgan fingerprint density at radius 1 is 1.20 bits per heavy atom. The number of ether oxygens (including phenoxy) is 1. The van der Waals surface area contributed by atoms with Crippen molar-refractivity contribution in [1.82, 2.24) is 5.32 Å². The van der Waals surface area contributed by atoms with Crippen molar-refractivity contribution >= 4 is 5.97 Å². The van der Waals surface area contributed by atoms with Crippen molar-refractivity contribution in [2.75, 3.05) is 6.54 Å². The van der Waals surface area contributed by atoms with Gasteiger partial charge in [0.2, 0.25) is 0 Å². The Bertz CT molecular complexity index is 750. The molecular weight excluding hydrogens is 318 g/mol. The first kappa shape index (κ1) is 19.0. The lowest BCUT2D eigenvalue weighted by Crippen LogP contribution is -2.38. The third kappa shape index (κ3) is 5.59. The van der Waals surface area contributed by atoms with E-state index in [1.807, 2.05) is 33.8 Å². The number of hydrogen-bond donors (Lipinski definition) is 3. The van der Waals surface area contributed by atoms with Gasteiger partial charge in [-0.2, -0.15) is 0 Å². The van der Waals surface area contributed by atoms with Crippen LogP contribution in [-0.4, -0.2) is 28.3 Å². The van der Waals surface area contributed by atoms with Crippen molar-refractivity contribution in [2.24, 2.45) is 0 Å². The Labute approximate surface area is 148 Å². The fourth-order valence-electron chi connectivity index (χ4n) is 2.28. The Morgan fingerprint density at radius 2 is 1.92 bits per heavy atom. The molecule has 0 unspecified atom stereocenters. The molecular formula is C20H25NO4. The van der Waals surface area contributed by atoms with E-state index in [2.05, 4.69) is 5.32 Å². The molecule has 0 heterocycles. The van der Waals surface area contributed by atoms with E-state index in [4.69, 9.17) is 4.74 Å². The standard InChI is InChI=1S/C20H25NO4/c1-13-6-5-7-15(10-13)19(24)25-18-9-8-14(11-16(18)22)17(23)12-21-20(2,3)4/h5-11,17,21-23H,12H2,1-4H3/t17-/m0/s1. The Balaban J connectivity index is 2.07. The summed E-state index contributed by atoms with van der Waals surface area (Å²) < 4.78 is 5.25. The van der Waals surface area contributed by atoms with Gasteiger partial charge in [-0.05, 0) is 57.5 Å². The van der Waals surface area contributed by atoms with Crippen LogP contribution in [0.25, 0.3) is 0 Å². The number of benzene rings is 2. The molecule has 0 saturated carbocycles. The molecule has 5 heteroatoms. The van der Waals surface area contributed by atoms with Crippen LogP contribution in [-0.2, 0) is 0 Å². The van der Waals surface area contributed by atoms with Gasteiger partial charge in [-0.25, -0.2) is 4.79 Å². The zero-order chi connectivity index (χ0) is 18.6. The second kappa shape index (κ2) is 7.68. The Morgan fingerprint density at radius 3 is 2.52 bits per heavy atom. The highest BCUT2D eigenvalue weighted by Crippen LogP contribution is 2.30. The van der Waals surface area contributed by atoms with E-state index >= 15 is 0 Å². The highest BCUT2D eigenvalue weighted by atomic mass is 16.5. The zero-order valence-electron chi connectivity index (χ0n) is 15.0. The summed E-state index contributed by atoms with van der Waals surface area (Å²) in [5, 5.41) is 23.5. The van der Waals surface area contributed by atoms with Gasteiger partial charge in [-0.15, -0.1) is 0 Å². The number of phenols is 1. The summed E-state index contributed by atoms with van der Waals surface area (Å²) >= 11 is 0. The first-order valence-electron chi connectivity index (χ1n) is 8.20. The molecule has 3 N–H and O–H groups in total. The molecule has 0 fully saturated rings. The van der Waals surface area contributed by atoms with E-state index < -0.39 is 12.1 Å². The molecule has 2 aromatic carbocycles. The van der Waals surface area contributed by atoms with E-state index in [1.54, 1.807) is 24.3 Å². The van der Waals surface area contributed by atoms with Gasteiger partial charge in [0.05, 0.1) is 11.7 Å². The molecule has 0 amide bonds. The van der Waals surface area contributed by atoms with Gasteiger partial charge in [0.25, 0.3) is 0 Å². The number of phenolic OH excluding ortho intramolecular Hbond substituents is 1. The monoisotopic (exact) mass is 343 g/mol. The van der Waals surface area contributed by atoms with Crippen molar-refractivity contribution in [3.63, 3.8) is 0 Å². The van der Waals surface area contributed by atoms with Gasteiger partial charge in [0, 0.05) is 12.1 Å². The number of carbonyl (C=O) groups excluding carboxylic acids is 1. The number of aliphatic hydroxyl groups excluding tert-OH is 1. The number of β-amino-alcohol motifs (C(OH)–C–C–N with tert-alkyl or cyclic N) is 1. The second-order valence-corrected chi connectivity index (χ2v) is 7.13. The highest BCUT2D eigenvalue weighted by molar-refractivity contribution is 5.91. The predicted molar refractivity (Wildman–Crippen MR) is 97.0 cm³/mol. The minimum absolute atomic E-state index is 0.0613. The molecule has 0 aliphatic carbocycles. The molecule has 0 aromatic heterocycles. The quantitative estimate of drug-likeness (QED) is 0.573. The topological polar surface area (TPSA) is 78.8 Å². The summed E-state index contributed by atoms with van der Waals surface area (Å²) in [6, 6.07) is 11.6. The molecule has 1 atom stereocenters. The lowest BCUT2D eigenvalue weighted by atomic mass is 10.1. The van der Waals surface area contributed by atoms with Crippen LogP contribution in [0.15, 0.2) is 42.5 Å². The van der Waals surface area contributed by atoms with Gasteiger partial charge in [-0.3, -0.25) is 0 Å². The average molecular weight is 343 g/mol. The number of carbonyl (C=O) groups is 1. The summed E-state index contributed by atoms with van der Waals surface area (Å²) in [5.74, 6) is -0.666. The summed E-state index contributed by atoms with van der Waals surface area (Å²) in [7, 11) is 0. The Kier molecular flexibility index (Phi) is 5.82. The fourth-order valence-corrected chi connectivity index (χ4v) is 2.28. The molecule has 134 valence electrons. The minimum atomic E-state index is -0.772. The molecule has 0 aliphatic rings. The van der Waals surface area contributed by atoms with Crippen LogP contribution in [0.1, 0.15) is 48.4 Å². The van der Waals surface area contributed by atoms with E-state index in [9.17, 15) is 15.0 Å². The predicted octanol–water partition coefficient (Wildman–Crippen LogP) is 3.34. The average Bonchev–Trinajstić information content (AvgIpc) is 2.53. The molecule has 0 bridgehead atoms. The molecule has 2 rings (SSSR count). The normalized spacial score (nSPS) is 12.7. The Hall–Kier alpha value is -2.37. The van der Waals surface area contributed by atoms with Crippen LogP contribution in [0, 0.1) is 6.92 Å². The number of aromatic hydroxyl groups is 1. The summed E-state index contributed by atoms with van der Waals surface area (Å²) in [6.07, 6.45) is -0.772. The molecule has 0 aliphatic heterocycles. The van der Waals surface area contributed by atoms with Crippen LogP contribution in [0.3, 0.4) is 0 Å². The van der Waals surface area contributed by atoms with Gasteiger partial charge >= 0.3 is 5.97 Å². The largest absolute Gasteiger partial charge is 0.504 e. The van der Waals surface area contributed by atoms with E-state index in [0.29, 0.717) is 17.7 Å². The van der Waals surface area contributed by atoms with E-state index in [0.717, 1.165) is 5.56 Å². The van der Waals surface area contributed by atoms with Crippen molar-refractivity contribution < 1.29 is 19.7 Å². The van der Waals surface area contributed by atoms with Gasteiger partial charge in [-0.1, -0.05) is 23.8 Å². The summed E-state index contributed by atoms with van der Waals surface area (Å²) in [6.45, 7) is 8.25. The smallest absolute Gasteiger partial charge is 0.343 e. The number of aliphatic hydroxyl groups is 1. The maximum Gasteiger partial charge on any atom is 0.343 e. The first-order valence-corrected chi connectivity index (χ1v) is 8.20. The number of esters is 1. The number of nitrogens with one attached hydrogen (secondary N) is 1. The maximum absolute atomic E-state index is 12.2. The molecule has 0 radical (unpaired) electrons. The number of rotatable bonds is 5. The minimum Gasteiger partial charge on any atom is -0.504 e. The van der Waals surface area contributed by atoms with Gasteiger partial charge < -0.3 is 20.3 Å².